The molecule has 0 bridgehead atoms. The highest BCUT2D eigenvalue weighted by molar-refractivity contribution is 9.10. The summed E-state index contributed by atoms with van der Waals surface area (Å²) in [7, 11) is 1.56. The van der Waals surface area contributed by atoms with Gasteiger partial charge in [-0.15, -0.1) is 0 Å². The zero-order chi connectivity index (χ0) is 26.0. The molecule has 0 amide bonds. The van der Waals surface area contributed by atoms with E-state index in [0.717, 1.165) is 15.8 Å². The molecule has 0 N–H and O–H groups in total. The van der Waals surface area contributed by atoms with Gasteiger partial charge in [0.2, 0.25) is 0 Å². The van der Waals surface area contributed by atoms with Crippen molar-refractivity contribution < 1.29 is 19.0 Å². The number of aromatic nitrogens is 1. The van der Waals surface area contributed by atoms with E-state index in [1.54, 1.807) is 38.5 Å². The Balaban J connectivity index is 1.94. The van der Waals surface area contributed by atoms with Crippen LogP contribution in [0.1, 0.15) is 44.9 Å². The lowest BCUT2D eigenvalue weighted by atomic mass is 9.95. The number of ether oxygens (including phenoxy) is 3. The molecule has 188 valence electrons. The first-order valence-electron chi connectivity index (χ1n) is 11.5. The smallest absolute Gasteiger partial charge is 0.338 e. The lowest BCUT2D eigenvalue weighted by Gasteiger charge is -2.26. The van der Waals surface area contributed by atoms with Gasteiger partial charge in [-0.3, -0.25) is 9.36 Å². The lowest BCUT2D eigenvalue weighted by Crippen LogP contribution is -2.40. The molecule has 0 fully saturated rings. The predicted octanol–water partition coefficient (Wildman–Crippen LogP) is 4.36. The lowest BCUT2D eigenvalue weighted by molar-refractivity contribution is -0.143. The molecule has 36 heavy (non-hydrogen) atoms. The van der Waals surface area contributed by atoms with Gasteiger partial charge in [-0.05, 0) is 69.7 Å². The van der Waals surface area contributed by atoms with Gasteiger partial charge in [0.25, 0.3) is 5.56 Å². The second-order valence-corrected chi connectivity index (χ2v) is 10.3. The first-order valence-corrected chi connectivity index (χ1v) is 13.1. The topological polar surface area (TPSA) is 79.1 Å². The van der Waals surface area contributed by atoms with Crippen LogP contribution in [0.4, 0.5) is 0 Å². The number of benzene rings is 2. The van der Waals surface area contributed by atoms with Crippen LogP contribution in [0.15, 0.2) is 68.0 Å². The number of esters is 1. The standard InChI is InChI=1S/C27H27BrN2O5S/c1-6-34-19-10-7-17(8-11-19)13-22-25(31)30-24(20-14-18(28)9-12-21(20)33-5)23(26(32)35-15(2)3)16(4)29-27(30)36-22/h7-15,24H,6H2,1-5H3/b22-13-/t24-/m0/s1. The Morgan fingerprint density at radius 1 is 1.22 bits per heavy atom. The zero-order valence-electron chi connectivity index (χ0n) is 20.7. The van der Waals surface area contributed by atoms with E-state index in [9.17, 15) is 9.59 Å². The summed E-state index contributed by atoms with van der Waals surface area (Å²) < 4.78 is 19.6. The Bertz CT molecular complexity index is 1500. The quantitative estimate of drug-likeness (QED) is 0.394. The monoisotopic (exact) mass is 570 g/mol. The molecule has 0 spiro atoms. The van der Waals surface area contributed by atoms with Gasteiger partial charge < -0.3 is 14.2 Å². The van der Waals surface area contributed by atoms with Crippen molar-refractivity contribution in [1.82, 2.24) is 4.57 Å². The Morgan fingerprint density at radius 3 is 2.58 bits per heavy atom. The van der Waals surface area contributed by atoms with Gasteiger partial charge >= 0.3 is 5.97 Å². The van der Waals surface area contributed by atoms with Gasteiger partial charge in [0, 0.05) is 10.0 Å². The number of allylic oxidation sites excluding steroid dienone is 1. The van der Waals surface area contributed by atoms with Crippen LogP contribution in [0.25, 0.3) is 6.08 Å². The highest BCUT2D eigenvalue weighted by Gasteiger charge is 2.35. The number of fused-ring (bicyclic) bond motifs is 1. The number of hydrogen-bond donors (Lipinski definition) is 0. The van der Waals surface area contributed by atoms with Crippen LogP contribution in [-0.4, -0.2) is 30.4 Å². The Kier molecular flexibility index (Phi) is 7.80. The SMILES string of the molecule is CCOc1ccc(/C=c2\sc3n(c2=O)[C@@H](c2cc(Br)ccc2OC)C(C(=O)OC(C)C)=C(C)N=3)cc1. The van der Waals surface area contributed by atoms with E-state index in [0.29, 0.717) is 38.5 Å². The summed E-state index contributed by atoms with van der Waals surface area (Å²) in [6.07, 6.45) is 1.49. The van der Waals surface area contributed by atoms with Gasteiger partial charge in [0.05, 0.1) is 35.6 Å². The molecule has 0 aliphatic carbocycles. The molecule has 1 aromatic heterocycles. The Hall–Kier alpha value is -3.17. The summed E-state index contributed by atoms with van der Waals surface area (Å²) in [6.45, 7) is 7.84. The van der Waals surface area contributed by atoms with E-state index in [1.807, 2.05) is 49.4 Å². The van der Waals surface area contributed by atoms with E-state index in [4.69, 9.17) is 14.2 Å². The zero-order valence-corrected chi connectivity index (χ0v) is 23.1. The average molecular weight is 571 g/mol. The van der Waals surface area contributed by atoms with Crippen molar-refractivity contribution in [1.29, 1.82) is 0 Å². The fourth-order valence-corrected chi connectivity index (χ4v) is 5.48. The third-order valence-electron chi connectivity index (χ3n) is 5.56. The Morgan fingerprint density at radius 2 is 1.94 bits per heavy atom. The van der Waals surface area contributed by atoms with E-state index in [-0.39, 0.29) is 11.7 Å². The summed E-state index contributed by atoms with van der Waals surface area (Å²) in [5.74, 6) is 0.801. The maximum atomic E-state index is 13.8. The first kappa shape index (κ1) is 25.9. The number of methoxy groups -OCH3 is 1. The highest BCUT2D eigenvalue weighted by atomic mass is 79.9. The van der Waals surface area contributed by atoms with Crippen molar-refractivity contribution in [3.8, 4) is 11.5 Å². The molecule has 0 saturated heterocycles. The fraction of sp³-hybridized carbons (Fsp3) is 0.296. The van der Waals surface area contributed by atoms with Crippen molar-refractivity contribution in [2.45, 2.75) is 39.8 Å². The number of carbonyl (C=O) groups excluding carboxylic acids is 1. The molecule has 1 aliphatic heterocycles. The largest absolute Gasteiger partial charge is 0.496 e. The predicted molar refractivity (Wildman–Crippen MR) is 143 cm³/mol. The second kappa shape index (κ2) is 10.8. The molecule has 1 atom stereocenters. The number of carbonyl (C=O) groups is 1. The molecule has 2 heterocycles. The third kappa shape index (κ3) is 5.17. The van der Waals surface area contributed by atoms with Crippen LogP contribution in [0.3, 0.4) is 0 Å². The van der Waals surface area contributed by atoms with Gasteiger partial charge in [-0.1, -0.05) is 39.4 Å². The number of halogens is 1. The second-order valence-electron chi connectivity index (χ2n) is 8.42. The van der Waals surface area contributed by atoms with Gasteiger partial charge in [-0.2, -0.15) is 0 Å². The van der Waals surface area contributed by atoms with E-state index in [2.05, 4.69) is 20.9 Å². The van der Waals surface area contributed by atoms with E-state index in [1.165, 1.54) is 11.3 Å². The van der Waals surface area contributed by atoms with Crippen molar-refractivity contribution in [2.75, 3.05) is 13.7 Å². The average Bonchev–Trinajstić information content (AvgIpc) is 3.13. The third-order valence-corrected chi connectivity index (χ3v) is 7.04. The molecule has 7 nitrogen and oxygen atoms in total. The minimum atomic E-state index is -0.762. The summed E-state index contributed by atoms with van der Waals surface area (Å²) in [5, 5.41) is 0. The molecule has 4 rings (SSSR count). The molecule has 9 heteroatoms. The van der Waals surface area contributed by atoms with Crippen molar-refractivity contribution in [3.63, 3.8) is 0 Å². The fourth-order valence-electron chi connectivity index (χ4n) is 4.05. The number of rotatable bonds is 7. The van der Waals surface area contributed by atoms with Crippen molar-refractivity contribution in [2.24, 2.45) is 4.99 Å². The van der Waals surface area contributed by atoms with Gasteiger partial charge in [0.15, 0.2) is 4.80 Å². The number of hydrogen-bond acceptors (Lipinski definition) is 7. The molecule has 0 unspecified atom stereocenters. The molecule has 3 aromatic rings. The highest BCUT2D eigenvalue weighted by Crippen LogP contribution is 2.37. The van der Waals surface area contributed by atoms with Gasteiger partial charge in [0.1, 0.15) is 17.5 Å². The maximum Gasteiger partial charge on any atom is 0.338 e. The maximum absolute atomic E-state index is 13.8. The molecule has 0 radical (unpaired) electrons. The van der Waals surface area contributed by atoms with Crippen LogP contribution < -0.4 is 24.4 Å². The van der Waals surface area contributed by atoms with E-state index < -0.39 is 12.0 Å². The molecular formula is C27H27BrN2O5S. The Labute approximate surface area is 221 Å². The van der Waals surface area contributed by atoms with Gasteiger partial charge in [-0.25, -0.2) is 9.79 Å². The summed E-state index contributed by atoms with van der Waals surface area (Å²) in [5.41, 5.74) is 2.07. The van der Waals surface area contributed by atoms with Crippen molar-refractivity contribution >= 4 is 39.3 Å². The minimum absolute atomic E-state index is 0.248. The van der Waals surface area contributed by atoms with Crippen LogP contribution in [0.2, 0.25) is 0 Å². The minimum Gasteiger partial charge on any atom is -0.496 e. The molecular weight excluding hydrogens is 544 g/mol. The normalized spacial score (nSPS) is 15.5. The van der Waals surface area contributed by atoms with Crippen LogP contribution in [0.5, 0.6) is 11.5 Å². The molecule has 1 aliphatic rings. The van der Waals surface area contributed by atoms with Crippen molar-refractivity contribution in [3.05, 3.63) is 89.0 Å². The molecule has 0 saturated carbocycles. The van der Waals surface area contributed by atoms with Crippen LogP contribution in [-0.2, 0) is 9.53 Å². The molecule has 2 aromatic carbocycles. The van der Waals surface area contributed by atoms with E-state index >= 15 is 0 Å². The van der Waals surface area contributed by atoms with Crippen LogP contribution in [0, 0.1) is 0 Å². The summed E-state index contributed by atoms with van der Waals surface area (Å²) >= 11 is 4.79. The van der Waals surface area contributed by atoms with Crippen LogP contribution >= 0.6 is 27.3 Å². The number of nitrogens with zero attached hydrogens (tertiary/aromatic N) is 2. The first-order chi connectivity index (χ1) is 17.2. The summed E-state index contributed by atoms with van der Waals surface area (Å²) in [6, 6.07) is 12.3. The summed E-state index contributed by atoms with van der Waals surface area (Å²) in [4.78, 5) is 32.2. The number of thiazole rings is 1.